The molecule has 0 saturated carbocycles. The predicted molar refractivity (Wildman–Crippen MR) is 67.9 cm³/mol. The van der Waals surface area contributed by atoms with Crippen LogP contribution in [0.5, 0.6) is 0 Å². The van der Waals surface area contributed by atoms with Crippen LogP contribution in [0, 0.1) is 5.82 Å². The normalized spacial score (nSPS) is 18.8. The Hall–Kier alpha value is -1.70. The van der Waals surface area contributed by atoms with Crippen molar-refractivity contribution in [2.75, 3.05) is 32.3 Å². The van der Waals surface area contributed by atoms with Crippen LogP contribution in [0.3, 0.4) is 0 Å². The number of aliphatic hydroxyl groups excluding tert-OH is 1. The van der Waals surface area contributed by atoms with Crippen LogP contribution in [0.15, 0.2) is 18.2 Å². The highest BCUT2D eigenvalue weighted by Crippen LogP contribution is 2.27. The summed E-state index contributed by atoms with van der Waals surface area (Å²) < 4.78 is 28.9. The molecule has 6 nitrogen and oxygen atoms in total. The standard InChI is InChI=1S/C13H16FNO5/c1-18-12(19-2)10-4-3-8(5-11(10)14)15-6-9(7-16)20-13(15)17/h3-5,9,12,16H,6-7H2,1-2H3/t9-/m1/s1. The van der Waals surface area contributed by atoms with E-state index < -0.39 is 24.3 Å². The number of hydrogen-bond acceptors (Lipinski definition) is 5. The molecule has 1 aromatic rings. The van der Waals surface area contributed by atoms with E-state index in [1.807, 2.05) is 0 Å². The number of benzene rings is 1. The number of nitrogens with zero attached hydrogens (tertiary/aromatic N) is 1. The summed E-state index contributed by atoms with van der Waals surface area (Å²) in [6.07, 6.45) is -2.00. The number of amides is 1. The summed E-state index contributed by atoms with van der Waals surface area (Å²) in [5.74, 6) is -0.545. The van der Waals surface area contributed by atoms with Crippen molar-refractivity contribution in [3.8, 4) is 0 Å². The number of ether oxygens (including phenoxy) is 3. The fourth-order valence-electron chi connectivity index (χ4n) is 2.05. The molecule has 0 aromatic heterocycles. The van der Waals surface area contributed by atoms with Gasteiger partial charge in [-0.25, -0.2) is 9.18 Å². The van der Waals surface area contributed by atoms with Gasteiger partial charge in [-0.3, -0.25) is 4.90 Å². The van der Waals surface area contributed by atoms with Crippen LogP contribution < -0.4 is 4.90 Å². The van der Waals surface area contributed by atoms with Crippen molar-refractivity contribution in [3.05, 3.63) is 29.6 Å². The molecule has 7 heteroatoms. The van der Waals surface area contributed by atoms with Gasteiger partial charge in [-0.05, 0) is 18.2 Å². The molecule has 1 aromatic carbocycles. The number of aliphatic hydroxyl groups is 1. The van der Waals surface area contributed by atoms with E-state index in [-0.39, 0.29) is 18.7 Å². The summed E-state index contributed by atoms with van der Waals surface area (Å²) in [5.41, 5.74) is 0.600. The first kappa shape index (κ1) is 14.7. The average Bonchev–Trinajstić information content (AvgIpc) is 2.83. The van der Waals surface area contributed by atoms with Crippen LogP contribution in [0.2, 0.25) is 0 Å². The lowest BCUT2D eigenvalue weighted by molar-refractivity contribution is -0.107. The molecule has 1 saturated heterocycles. The van der Waals surface area contributed by atoms with Gasteiger partial charge in [-0.2, -0.15) is 0 Å². The minimum atomic E-state index is -0.806. The molecule has 0 aliphatic carbocycles. The topological polar surface area (TPSA) is 68.2 Å². The highest BCUT2D eigenvalue weighted by atomic mass is 19.1. The molecule has 1 amide bonds. The second-order valence-corrected chi connectivity index (χ2v) is 4.31. The molecule has 1 aliphatic heterocycles. The maximum absolute atomic E-state index is 14.0. The van der Waals surface area contributed by atoms with Crippen molar-refractivity contribution < 1.29 is 28.5 Å². The first-order valence-electron chi connectivity index (χ1n) is 6.04. The Morgan fingerprint density at radius 2 is 2.20 bits per heavy atom. The minimum Gasteiger partial charge on any atom is -0.441 e. The van der Waals surface area contributed by atoms with Gasteiger partial charge < -0.3 is 19.3 Å². The number of halogens is 1. The Morgan fingerprint density at radius 1 is 1.50 bits per heavy atom. The van der Waals surface area contributed by atoms with Crippen LogP contribution >= 0.6 is 0 Å². The number of carbonyl (C=O) groups excluding carboxylic acids is 1. The van der Waals surface area contributed by atoms with E-state index >= 15 is 0 Å². The monoisotopic (exact) mass is 285 g/mol. The lowest BCUT2D eigenvalue weighted by Gasteiger charge is -2.17. The molecule has 1 fully saturated rings. The van der Waals surface area contributed by atoms with Crippen molar-refractivity contribution in [2.45, 2.75) is 12.4 Å². The summed E-state index contributed by atoms with van der Waals surface area (Å²) >= 11 is 0. The van der Waals surface area contributed by atoms with Crippen LogP contribution in [-0.4, -0.2) is 44.7 Å². The van der Waals surface area contributed by atoms with Crippen LogP contribution in [0.1, 0.15) is 11.9 Å². The highest BCUT2D eigenvalue weighted by Gasteiger charge is 2.32. The Bertz CT molecular complexity index is 492. The molecule has 2 rings (SSSR count). The number of rotatable bonds is 5. The largest absolute Gasteiger partial charge is 0.441 e. The van der Waals surface area contributed by atoms with Gasteiger partial charge in [-0.15, -0.1) is 0 Å². The fraction of sp³-hybridized carbons (Fsp3) is 0.462. The third-order valence-electron chi connectivity index (χ3n) is 3.06. The Morgan fingerprint density at radius 3 is 2.70 bits per heavy atom. The van der Waals surface area contributed by atoms with Crippen molar-refractivity contribution in [2.24, 2.45) is 0 Å². The first-order chi connectivity index (χ1) is 9.60. The van der Waals surface area contributed by atoms with E-state index in [1.54, 1.807) is 6.07 Å². The third-order valence-corrected chi connectivity index (χ3v) is 3.06. The number of cyclic esters (lactones) is 1. The molecule has 1 atom stereocenters. The van der Waals surface area contributed by atoms with Crippen LogP contribution in [0.25, 0.3) is 0 Å². The van der Waals surface area contributed by atoms with Gasteiger partial charge in [0.15, 0.2) is 6.29 Å². The maximum atomic E-state index is 14.0. The number of hydrogen-bond donors (Lipinski definition) is 1. The molecule has 110 valence electrons. The van der Waals surface area contributed by atoms with Gasteiger partial charge in [-0.1, -0.05) is 0 Å². The SMILES string of the molecule is COC(OC)c1ccc(N2C[C@H](CO)OC2=O)cc1F. The van der Waals surface area contributed by atoms with Crippen molar-refractivity contribution in [1.29, 1.82) is 0 Å². The minimum absolute atomic E-state index is 0.187. The van der Waals surface area contributed by atoms with Crippen molar-refractivity contribution in [3.63, 3.8) is 0 Å². The van der Waals surface area contributed by atoms with E-state index in [9.17, 15) is 9.18 Å². The number of anilines is 1. The quantitative estimate of drug-likeness (QED) is 0.829. The molecule has 0 radical (unpaired) electrons. The van der Waals surface area contributed by atoms with Gasteiger partial charge in [0.05, 0.1) is 18.8 Å². The predicted octanol–water partition coefficient (Wildman–Crippen LogP) is 1.43. The summed E-state index contributed by atoms with van der Waals surface area (Å²) in [7, 11) is 2.82. The molecule has 20 heavy (non-hydrogen) atoms. The first-order valence-corrected chi connectivity index (χ1v) is 6.04. The van der Waals surface area contributed by atoms with E-state index in [1.165, 1.54) is 31.3 Å². The highest BCUT2D eigenvalue weighted by molar-refractivity contribution is 5.89. The number of methoxy groups -OCH3 is 2. The van der Waals surface area contributed by atoms with Gasteiger partial charge in [0.25, 0.3) is 0 Å². The zero-order valence-corrected chi connectivity index (χ0v) is 11.2. The molecule has 0 bridgehead atoms. The molecule has 0 spiro atoms. The lowest BCUT2D eigenvalue weighted by atomic mass is 10.1. The van der Waals surface area contributed by atoms with Gasteiger partial charge in [0.2, 0.25) is 0 Å². The number of carbonyl (C=O) groups is 1. The molecule has 1 N–H and O–H groups in total. The fourth-order valence-corrected chi connectivity index (χ4v) is 2.05. The average molecular weight is 285 g/mol. The zero-order valence-electron chi connectivity index (χ0n) is 11.2. The summed E-state index contributed by atoms with van der Waals surface area (Å²) in [5, 5.41) is 8.97. The third kappa shape index (κ3) is 2.74. The molecular formula is C13H16FNO5. The lowest BCUT2D eigenvalue weighted by Crippen LogP contribution is -2.25. The second-order valence-electron chi connectivity index (χ2n) is 4.31. The second kappa shape index (κ2) is 6.17. The summed E-state index contributed by atoms with van der Waals surface area (Å²) in [6.45, 7) is -0.0790. The molecule has 0 unspecified atom stereocenters. The Balaban J connectivity index is 2.23. The van der Waals surface area contributed by atoms with Gasteiger partial charge >= 0.3 is 6.09 Å². The molecule has 1 heterocycles. The summed E-state index contributed by atoms with van der Waals surface area (Å²) in [4.78, 5) is 12.9. The van der Waals surface area contributed by atoms with E-state index in [2.05, 4.69) is 0 Å². The van der Waals surface area contributed by atoms with Gasteiger partial charge in [0, 0.05) is 19.8 Å². The maximum Gasteiger partial charge on any atom is 0.414 e. The van der Waals surface area contributed by atoms with Crippen LogP contribution in [0.4, 0.5) is 14.9 Å². The van der Waals surface area contributed by atoms with Crippen LogP contribution in [-0.2, 0) is 14.2 Å². The molecular weight excluding hydrogens is 269 g/mol. The smallest absolute Gasteiger partial charge is 0.414 e. The van der Waals surface area contributed by atoms with E-state index in [0.717, 1.165) is 0 Å². The zero-order chi connectivity index (χ0) is 14.7. The van der Waals surface area contributed by atoms with Crippen molar-refractivity contribution >= 4 is 11.8 Å². The van der Waals surface area contributed by atoms with E-state index in [4.69, 9.17) is 19.3 Å². The van der Waals surface area contributed by atoms with Crippen molar-refractivity contribution in [1.82, 2.24) is 0 Å². The Kier molecular flexibility index (Phi) is 4.53. The molecule has 1 aliphatic rings. The van der Waals surface area contributed by atoms with E-state index in [0.29, 0.717) is 5.69 Å². The Labute approximate surface area is 115 Å². The van der Waals surface area contributed by atoms with Gasteiger partial charge in [0.1, 0.15) is 11.9 Å². The summed E-state index contributed by atoms with van der Waals surface area (Å²) in [6, 6.07) is 4.27.